The average molecular weight is 561 g/mol. The molecule has 0 saturated heterocycles. The average Bonchev–Trinajstić information content (AvgIpc) is 3.16. The minimum absolute atomic E-state index is 0.190. The Hall–Kier alpha value is -3.07. The molecule has 7 nitrogen and oxygen atoms in total. The van der Waals surface area contributed by atoms with Gasteiger partial charge in [0.05, 0.1) is 41.7 Å². The number of fused-ring (bicyclic) bond motifs is 1. The molecule has 0 fully saturated rings. The highest BCUT2D eigenvalue weighted by Gasteiger charge is 2.34. The number of hydrogen-bond donors (Lipinski definition) is 0. The Morgan fingerprint density at radius 3 is 2.46 bits per heavy atom. The van der Waals surface area contributed by atoms with Gasteiger partial charge in [-0.05, 0) is 69.2 Å². The summed E-state index contributed by atoms with van der Waals surface area (Å²) in [6.07, 6.45) is 1.70. The monoisotopic (exact) mass is 560 g/mol. The van der Waals surface area contributed by atoms with Gasteiger partial charge in [0, 0.05) is 10.0 Å². The summed E-state index contributed by atoms with van der Waals surface area (Å²) in [4.78, 5) is 32.0. The van der Waals surface area contributed by atoms with Crippen molar-refractivity contribution in [2.45, 2.75) is 33.7 Å². The summed E-state index contributed by atoms with van der Waals surface area (Å²) in [6, 6.07) is 9.70. The largest absolute Gasteiger partial charge is 0.490 e. The van der Waals surface area contributed by atoms with E-state index < -0.39 is 12.0 Å². The fraction of sp³-hybridized carbons (Fsp3) is 0.296. The molecule has 0 N–H and O–H groups in total. The molecule has 10 heteroatoms. The molecule has 3 aromatic rings. The van der Waals surface area contributed by atoms with Crippen LogP contribution in [0.2, 0.25) is 10.0 Å². The van der Waals surface area contributed by atoms with E-state index in [4.69, 9.17) is 37.4 Å². The van der Waals surface area contributed by atoms with E-state index in [1.807, 2.05) is 19.9 Å². The van der Waals surface area contributed by atoms with E-state index in [1.165, 1.54) is 15.9 Å². The number of carbonyl (C=O) groups excluding carboxylic acids is 1. The number of halogens is 2. The molecule has 0 amide bonds. The Labute approximate surface area is 228 Å². The molecule has 1 aliphatic heterocycles. The summed E-state index contributed by atoms with van der Waals surface area (Å²) >= 11 is 13.6. The first-order valence-corrected chi connectivity index (χ1v) is 13.4. The standard InChI is InChI=1S/C27H26Cl2N2O5S/c1-5-34-20-11-9-17(12-21(20)35-6-2)24-23(26(33)36-7-3)15(4)30-27-31(24)25(32)22(37-27)13-16-8-10-18(28)14-19(16)29/h8-14,24H,5-7H2,1-4H3/b22-13-/t24-/m0/s1. The molecular formula is C27H26Cl2N2O5S. The predicted octanol–water partition coefficient (Wildman–Crippen LogP) is 4.90. The lowest BCUT2D eigenvalue weighted by atomic mass is 9.95. The number of nitrogens with zero attached hydrogens (tertiary/aromatic N) is 2. The SMILES string of the molecule is CCOC(=O)C1=C(C)N=c2s/c(=C\c3ccc(Cl)cc3Cl)c(=O)n2[C@H]1c1ccc(OCC)c(OCC)c1. The van der Waals surface area contributed by atoms with Crippen LogP contribution in [-0.2, 0) is 9.53 Å². The van der Waals surface area contributed by atoms with Gasteiger partial charge in [0.1, 0.15) is 0 Å². The lowest BCUT2D eigenvalue weighted by molar-refractivity contribution is -0.139. The van der Waals surface area contributed by atoms with Gasteiger partial charge in [-0.15, -0.1) is 0 Å². The number of rotatable bonds is 8. The second-order valence-corrected chi connectivity index (χ2v) is 9.89. The molecule has 37 heavy (non-hydrogen) atoms. The lowest BCUT2D eigenvalue weighted by Crippen LogP contribution is -2.40. The van der Waals surface area contributed by atoms with Gasteiger partial charge in [-0.25, -0.2) is 9.79 Å². The lowest BCUT2D eigenvalue weighted by Gasteiger charge is -2.25. The molecule has 0 radical (unpaired) electrons. The number of thiazole rings is 1. The van der Waals surface area contributed by atoms with Crippen molar-refractivity contribution < 1.29 is 19.0 Å². The molecule has 1 aliphatic rings. The maximum absolute atomic E-state index is 13.8. The Morgan fingerprint density at radius 2 is 1.78 bits per heavy atom. The summed E-state index contributed by atoms with van der Waals surface area (Å²) < 4.78 is 18.8. The first kappa shape index (κ1) is 27.0. The molecule has 0 saturated carbocycles. The van der Waals surface area contributed by atoms with Gasteiger partial charge in [-0.2, -0.15) is 0 Å². The van der Waals surface area contributed by atoms with Crippen molar-refractivity contribution in [2.24, 2.45) is 4.99 Å². The zero-order valence-electron chi connectivity index (χ0n) is 20.8. The third kappa shape index (κ3) is 5.46. The van der Waals surface area contributed by atoms with Crippen molar-refractivity contribution in [2.75, 3.05) is 19.8 Å². The second kappa shape index (κ2) is 11.5. The van der Waals surface area contributed by atoms with Crippen LogP contribution >= 0.6 is 34.5 Å². The van der Waals surface area contributed by atoms with Crippen LogP contribution in [0.3, 0.4) is 0 Å². The molecule has 0 unspecified atom stereocenters. The molecule has 2 heterocycles. The summed E-state index contributed by atoms with van der Waals surface area (Å²) in [5.41, 5.74) is 1.78. The van der Waals surface area contributed by atoms with Crippen molar-refractivity contribution >= 4 is 46.6 Å². The number of hydrogen-bond acceptors (Lipinski definition) is 7. The van der Waals surface area contributed by atoms with Crippen LogP contribution in [0.25, 0.3) is 6.08 Å². The third-order valence-electron chi connectivity index (χ3n) is 5.65. The van der Waals surface area contributed by atoms with Crippen LogP contribution in [0, 0.1) is 0 Å². The van der Waals surface area contributed by atoms with Crippen molar-refractivity contribution in [3.8, 4) is 11.5 Å². The summed E-state index contributed by atoms with van der Waals surface area (Å²) in [5.74, 6) is 0.571. The van der Waals surface area contributed by atoms with Gasteiger partial charge in [0.25, 0.3) is 5.56 Å². The van der Waals surface area contributed by atoms with Gasteiger partial charge < -0.3 is 14.2 Å². The van der Waals surface area contributed by atoms with E-state index in [9.17, 15) is 9.59 Å². The number of esters is 1. The minimum Gasteiger partial charge on any atom is -0.490 e. The van der Waals surface area contributed by atoms with Crippen LogP contribution < -0.4 is 24.4 Å². The summed E-state index contributed by atoms with van der Waals surface area (Å²) in [5, 5.41) is 0.921. The van der Waals surface area contributed by atoms with Crippen LogP contribution in [-0.4, -0.2) is 30.4 Å². The highest BCUT2D eigenvalue weighted by Crippen LogP contribution is 2.36. The van der Waals surface area contributed by atoms with Crippen molar-refractivity contribution in [1.82, 2.24) is 4.57 Å². The maximum atomic E-state index is 13.8. The predicted molar refractivity (Wildman–Crippen MR) is 146 cm³/mol. The van der Waals surface area contributed by atoms with Crippen molar-refractivity contribution in [1.29, 1.82) is 0 Å². The van der Waals surface area contributed by atoms with Crippen LogP contribution in [0.5, 0.6) is 11.5 Å². The Morgan fingerprint density at radius 1 is 1.05 bits per heavy atom. The fourth-order valence-corrected chi connectivity index (χ4v) is 5.61. The Kier molecular flexibility index (Phi) is 8.42. The molecule has 0 aliphatic carbocycles. The fourth-order valence-electron chi connectivity index (χ4n) is 4.10. The number of carbonyl (C=O) groups is 1. The number of allylic oxidation sites excluding steroid dienone is 1. The number of benzene rings is 2. The minimum atomic E-state index is -0.770. The number of ether oxygens (including phenoxy) is 3. The van der Waals surface area contributed by atoms with E-state index in [0.29, 0.717) is 60.9 Å². The van der Waals surface area contributed by atoms with Gasteiger partial charge in [0.2, 0.25) is 0 Å². The third-order valence-corrected chi connectivity index (χ3v) is 7.19. The van der Waals surface area contributed by atoms with E-state index >= 15 is 0 Å². The first-order valence-electron chi connectivity index (χ1n) is 11.8. The maximum Gasteiger partial charge on any atom is 0.338 e. The molecule has 194 valence electrons. The summed E-state index contributed by atoms with van der Waals surface area (Å²) in [6.45, 7) is 8.32. The van der Waals surface area contributed by atoms with Crippen molar-refractivity contribution in [3.63, 3.8) is 0 Å². The van der Waals surface area contributed by atoms with Gasteiger partial charge in [-0.3, -0.25) is 9.36 Å². The molecule has 1 aromatic heterocycles. The van der Waals surface area contributed by atoms with E-state index in [2.05, 4.69) is 4.99 Å². The van der Waals surface area contributed by atoms with Crippen LogP contribution in [0.1, 0.15) is 44.9 Å². The molecule has 0 spiro atoms. The summed E-state index contributed by atoms with van der Waals surface area (Å²) in [7, 11) is 0. The molecular weight excluding hydrogens is 535 g/mol. The highest BCUT2D eigenvalue weighted by molar-refractivity contribution is 7.07. The normalized spacial score (nSPS) is 15.3. The van der Waals surface area contributed by atoms with Gasteiger partial charge in [0.15, 0.2) is 16.3 Å². The zero-order chi connectivity index (χ0) is 26.7. The second-order valence-electron chi connectivity index (χ2n) is 8.04. The van der Waals surface area contributed by atoms with E-state index in [-0.39, 0.29) is 17.7 Å². The molecule has 1 atom stereocenters. The van der Waals surface area contributed by atoms with Gasteiger partial charge >= 0.3 is 5.97 Å². The Bertz CT molecular complexity index is 1560. The van der Waals surface area contributed by atoms with Gasteiger partial charge in [-0.1, -0.05) is 46.7 Å². The quantitative estimate of drug-likeness (QED) is 0.366. The van der Waals surface area contributed by atoms with E-state index in [0.717, 1.165) is 0 Å². The first-order chi connectivity index (χ1) is 17.8. The Balaban J connectivity index is 1.96. The topological polar surface area (TPSA) is 79.1 Å². The number of aromatic nitrogens is 1. The molecule has 2 aromatic carbocycles. The van der Waals surface area contributed by atoms with Crippen LogP contribution in [0.15, 0.2) is 57.5 Å². The smallest absolute Gasteiger partial charge is 0.338 e. The van der Waals surface area contributed by atoms with E-state index in [1.54, 1.807) is 50.3 Å². The molecule has 0 bridgehead atoms. The molecule has 4 rings (SSSR count). The van der Waals surface area contributed by atoms with Crippen molar-refractivity contribution in [3.05, 3.63) is 88.5 Å². The zero-order valence-corrected chi connectivity index (χ0v) is 23.2. The van der Waals surface area contributed by atoms with Crippen LogP contribution in [0.4, 0.5) is 0 Å². The highest BCUT2D eigenvalue weighted by atomic mass is 35.5.